The molecule has 0 bridgehead atoms. The van der Waals surface area contributed by atoms with Gasteiger partial charge in [-0.05, 0) is 6.42 Å². The van der Waals surface area contributed by atoms with Crippen LogP contribution in [0.1, 0.15) is 26.7 Å². The standard InChI is InChI=1S/C9H14O5/c1-4-5-7(14-6(2)10)8(11)9(12)13-3/h7H,4-5H2,1-3H3. The largest absolute Gasteiger partial charge is 0.463 e. The van der Waals surface area contributed by atoms with Crippen LogP contribution in [-0.4, -0.2) is 30.9 Å². The average molecular weight is 202 g/mol. The van der Waals surface area contributed by atoms with Crippen molar-refractivity contribution in [2.24, 2.45) is 0 Å². The van der Waals surface area contributed by atoms with Crippen LogP contribution < -0.4 is 0 Å². The Morgan fingerprint density at radius 1 is 1.29 bits per heavy atom. The summed E-state index contributed by atoms with van der Waals surface area (Å²) in [4.78, 5) is 32.7. The molecule has 0 fully saturated rings. The van der Waals surface area contributed by atoms with Crippen molar-refractivity contribution < 1.29 is 23.9 Å². The Morgan fingerprint density at radius 3 is 2.21 bits per heavy atom. The molecule has 5 nitrogen and oxygen atoms in total. The number of Topliss-reactive ketones (excluding diaryl/α,β-unsaturated/α-hetero) is 1. The van der Waals surface area contributed by atoms with E-state index in [4.69, 9.17) is 0 Å². The quantitative estimate of drug-likeness (QED) is 0.478. The van der Waals surface area contributed by atoms with Crippen molar-refractivity contribution in [1.82, 2.24) is 0 Å². The molecule has 14 heavy (non-hydrogen) atoms. The van der Waals surface area contributed by atoms with Gasteiger partial charge in [0.2, 0.25) is 0 Å². The minimum absolute atomic E-state index is 0.327. The molecule has 5 heteroatoms. The zero-order valence-electron chi connectivity index (χ0n) is 8.53. The lowest BCUT2D eigenvalue weighted by molar-refractivity contribution is -0.162. The number of hydrogen-bond acceptors (Lipinski definition) is 5. The highest BCUT2D eigenvalue weighted by Gasteiger charge is 2.27. The molecule has 0 aliphatic carbocycles. The number of carbonyl (C=O) groups excluding carboxylic acids is 3. The highest BCUT2D eigenvalue weighted by molar-refractivity contribution is 6.35. The van der Waals surface area contributed by atoms with Crippen molar-refractivity contribution in [3.8, 4) is 0 Å². The summed E-state index contributed by atoms with van der Waals surface area (Å²) in [5, 5.41) is 0. The van der Waals surface area contributed by atoms with Gasteiger partial charge >= 0.3 is 11.9 Å². The molecule has 0 radical (unpaired) electrons. The van der Waals surface area contributed by atoms with E-state index < -0.39 is 23.8 Å². The molecule has 0 heterocycles. The first-order valence-corrected chi connectivity index (χ1v) is 4.32. The van der Waals surface area contributed by atoms with E-state index in [1.54, 1.807) is 0 Å². The first-order chi connectivity index (χ1) is 6.52. The Hall–Kier alpha value is -1.39. The number of methoxy groups -OCH3 is 1. The normalized spacial score (nSPS) is 11.6. The van der Waals surface area contributed by atoms with Gasteiger partial charge in [0, 0.05) is 6.92 Å². The van der Waals surface area contributed by atoms with Crippen LogP contribution in [0.15, 0.2) is 0 Å². The molecule has 0 saturated carbocycles. The minimum Gasteiger partial charge on any atom is -0.463 e. The highest BCUT2D eigenvalue weighted by Crippen LogP contribution is 2.05. The van der Waals surface area contributed by atoms with Crippen LogP contribution in [-0.2, 0) is 23.9 Å². The molecule has 0 rings (SSSR count). The molecule has 0 aromatic heterocycles. The number of rotatable bonds is 5. The van der Waals surface area contributed by atoms with Gasteiger partial charge in [0.05, 0.1) is 7.11 Å². The molecular formula is C9H14O5. The van der Waals surface area contributed by atoms with Gasteiger partial charge in [0.15, 0.2) is 6.10 Å². The summed E-state index contributed by atoms with van der Waals surface area (Å²) in [6.07, 6.45) is -0.0428. The van der Waals surface area contributed by atoms with E-state index in [-0.39, 0.29) is 0 Å². The number of ether oxygens (including phenoxy) is 2. The van der Waals surface area contributed by atoms with Crippen LogP contribution in [0.3, 0.4) is 0 Å². The average Bonchev–Trinajstić information content (AvgIpc) is 2.14. The summed E-state index contributed by atoms with van der Waals surface area (Å²) in [5.41, 5.74) is 0. The van der Waals surface area contributed by atoms with Crippen LogP contribution in [0.2, 0.25) is 0 Å². The van der Waals surface area contributed by atoms with Gasteiger partial charge in [-0.15, -0.1) is 0 Å². The van der Waals surface area contributed by atoms with Crippen LogP contribution in [0.4, 0.5) is 0 Å². The van der Waals surface area contributed by atoms with Crippen LogP contribution >= 0.6 is 0 Å². The van der Waals surface area contributed by atoms with E-state index in [0.717, 1.165) is 7.11 Å². The van der Waals surface area contributed by atoms with Gasteiger partial charge < -0.3 is 9.47 Å². The fourth-order valence-electron chi connectivity index (χ4n) is 0.938. The topological polar surface area (TPSA) is 69.7 Å². The second-order valence-corrected chi connectivity index (χ2v) is 2.74. The molecule has 0 amide bonds. The van der Waals surface area contributed by atoms with Gasteiger partial charge in [0.25, 0.3) is 5.78 Å². The van der Waals surface area contributed by atoms with E-state index in [9.17, 15) is 14.4 Å². The smallest absolute Gasteiger partial charge is 0.378 e. The van der Waals surface area contributed by atoms with Crippen molar-refractivity contribution in [3.05, 3.63) is 0 Å². The third-order valence-electron chi connectivity index (χ3n) is 1.54. The van der Waals surface area contributed by atoms with Crippen molar-refractivity contribution in [1.29, 1.82) is 0 Å². The van der Waals surface area contributed by atoms with Gasteiger partial charge in [-0.3, -0.25) is 9.59 Å². The zero-order chi connectivity index (χ0) is 11.1. The van der Waals surface area contributed by atoms with Gasteiger partial charge in [-0.2, -0.15) is 0 Å². The molecule has 0 N–H and O–H groups in total. The molecule has 0 aliphatic rings. The first kappa shape index (κ1) is 12.6. The van der Waals surface area contributed by atoms with Crippen molar-refractivity contribution in [3.63, 3.8) is 0 Å². The number of esters is 2. The SMILES string of the molecule is CCCC(OC(C)=O)C(=O)C(=O)OC. The fraction of sp³-hybridized carbons (Fsp3) is 0.667. The predicted molar refractivity (Wildman–Crippen MR) is 47.5 cm³/mol. The summed E-state index contributed by atoms with van der Waals surface area (Å²) in [6, 6.07) is 0. The molecule has 0 aromatic carbocycles. The lowest BCUT2D eigenvalue weighted by Crippen LogP contribution is -2.33. The minimum atomic E-state index is -1.01. The number of hydrogen-bond donors (Lipinski definition) is 0. The molecule has 0 aromatic rings. The Morgan fingerprint density at radius 2 is 1.86 bits per heavy atom. The Bertz CT molecular complexity index is 233. The first-order valence-electron chi connectivity index (χ1n) is 4.32. The van der Waals surface area contributed by atoms with E-state index in [2.05, 4.69) is 9.47 Å². The third kappa shape index (κ3) is 4.02. The lowest BCUT2D eigenvalue weighted by atomic mass is 10.1. The molecule has 1 atom stereocenters. The zero-order valence-corrected chi connectivity index (χ0v) is 8.53. The second-order valence-electron chi connectivity index (χ2n) is 2.74. The maximum absolute atomic E-state index is 11.2. The number of ketones is 1. The van der Waals surface area contributed by atoms with Crippen molar-refractivity contribution >= 4 is 17.7 Å². The van der Waals surface area contributed by atoms with E-state index in [1.165, 1.54) is 6.92 Å². The van der Waals surface area contributed by atoms with E-state index in [1.807, 2.05) is 6.92 Å². The Kier molecular flexibility index (Phi) is 5.52. The molecule has 0 saturated heterocycles. The van der Waals surface area contributed by atoms with Crippen LogP contribution in [0.5, 0.6) is 0 Å². The fourth-order valence-corrected chi connectivity index (χ4v) is 0.938. The van der Waals surface area contributed by atoms with E-state index >= 15 is 0 Å². The van der Waals surface area contributed by atoms with Gasteiger partial charge in [0.1, 0.15) is 0 Å². The maximum Gasteiger partial charge on any atom is 0.378 e. The summed E-state index contributed by atoms with van der Waals surface area (Å²) < 4.78 is 8.93. The van der Waals surface area contributed by atoms with Crippen molar-refractivity contribution in [2.75, 3.05) is 7.11 Å². The number of carbonyl (C=O) groups is 3. The van der Waals surface area contributed by atoms with E-state index in [0.29, 0.717) is 12.8 Å². The predicted octanol–water partition coefficient (Wildman–Crippen LogP) is 0.460. The molecule has 0 aliphatic heterocycles. The molecule has 0 spiro atoms. The highest BCUT2D eigenvalue weighted by atomic mass is 16.6. The second kappa shape index (κ2) is 6.12. The van der Waals surface area contributed by atoms with Crippen LogP contribution in [0, 0.1) is 0 Å². The monoisotopic (exact) mass is 202 g/mol. The molecule has 80 valence electrons. The van der Waals surface area contributed by atoms with Gasteiger partial charge in [-0.1, -0.05) is 13.3 Å². The summed E-state index contributed by atoms with van der Waals surface area (Å²) in [6.45, 7) is 3.01. The maximum atomic E-state index is 11.2. The summed E-state index contributed by atoms with van der Waals surface area (Å²) in [5.74, 6) is -2.38. The molecular weight excluding hydrogens is 188 g/mol. The summed E-state index contributed by atoms with van der Waals surface area (Å²) >= 11 is 0. The molecule has 1 unspecified atom stereocenters. The summed E-state index contributed by atoms with van der Waals surface area (Å²) in [7, 11) is 1.11. The lowest BCUT2D eigenvalue weighted by Gasteiger charge is -2.12. The Labute approximate surface area is 82.4 Å². The van der Waals surface area contributed by atoms with Gasteiger partial charge in [-0.25, -0.2) is 4.79 Å². The van der Waals surface area contributed by atoms with Crippen molar-refractivity contribution in [2.45, 2.75) is 32.8 Å². The Balaban J connectivity index is 4.39. The van der Waals surface area contributed by atoms with Crippen LogP contribution in [0.25, 0.3) is 0 Å². The third-order valence-corrected chi connectivity index (χ3v) is 1.54.